The van der Waals surface area contributed by atoms with E-state index in [1.165, 1.54) is 0 Å². The van der Waals surface area contributed by atoms with E-state index in [0.717, 1.165) is 5.56 Å². The van der Waals surface area contributed by atoms with Crippen LogP contribution in [0.25, 0.3) is 6.08 Å². The highest BCUT2D eigenvalue weighted by Gasteiger charge is 2.08. The topological polar surface area (TPSA) is 40.5 Å². The largest absolute Gasteiger partial charge is 0.488 e. The van der Waals surface area contributed by atoms with E-state index in [0.29, 0.717) is 5.46 Å². The van der Waals surface area contributed by atoms with Gasteiger partial charge in [-0.05, 0) is 17.9 Å². The Labute approximate surface area is 72.3 Å². The standard InChI is InChI=1S/C9H11BO2/c1-2-3-8-4-6-9(7-5-8)10(11)12/h2-7,11-12H,1H3/b3-2-. The molecule has 62 valence electrons. The molecule has 0 saturated carbocycles. The molecule has 12 heavy (non-hydrogen) atoms. The van der Waals surface area contributed by atoms with Crippen molar-refractivity contribution in [2.45, 2.75) is 6.92 Å². The van der Waals surface area contributed by atoms with Crippen LogP contribution in [0.2, 0.25) is 0 Å². The Bertz CT molecular complexity index is 264. The van der Waals surface area contributed by atoms with E-state index in [9.17, 15) is 0 Å². The molecule has 0 aromatic heterocycles. The highest BCUT2D eigenvalue weighted by molar-refractivity contribution is 6.58. The summed E-state index contributed by atoms with van der Waals surface area (Å²) in [6, 6.07) is 7.07. The van der Waals surface area contributed by atoms with Crippen LogP contribution in [-0.2, 0) is 0 Å². The highest BCUT2D eigenvalue weighted by Crippen LogP contribution is 1.99. The SMILES string of the molecule is C/C=C\c1ccc(B(O)O)cc1. The molecule has 2 nitrogen and oxygen atoms in total. The molecule has 1 aromatic carbocycles. The number of benzene rings is 1. The number of allylic oxidation sites excluding steroid dienone is 1. The van der Waals surface area contributed by atoms with E-state index in [1.807, 2.05) is 31.2 Å². The Morgan fingerprint density at radius 1 is 1.17 bits per heavy atom. The first kappa shape index (κ1) is 9.04. The van der Waals surface area contributed by atoms with Gasteiger partial charge in [-0.2, -0.15) is 0 Å². The van der Waals surface area contributed by atoms with Gasteiger partial charge in [0, 0.05) is 0 Å². The molecule has 0 fully saturated rings. The Morgan fingerprint density at radius 2 is 1.75 bits per heavy atom. The van der Waals surface area contributed by atoms with Crippen LogP contribution < -0.4 is 5.46 Å². The molecule has 0 unspecified atom stereocenters. The summed E-state index contributed by atoms with van der Waals surface area (Å²) in [6.07, 6.45) is 3.89. The molecule has 1 rings (SSSR count). The minimum atomic E-state index is -1.37. The minimum Gasteiger partial charge on any atom is -0.423 e. The average Bonchev–Trinajstić information content (AvgIpc) is 2.06. The van der Waals surface area contributed by atoms with Gasteiger partial charge >= 0.3 is 7.12 Å². The second-order valence-corrected chi connectivity index (χ2v) is 2.54. The molecule has 2 N–H and O–H groups in total. The summed E-state index contributed by atoms with van der Waals surface area (Å²) in [6.45, 7) is 1.94. The molecule has 0 spiro atoms. The summed E-state index contributed by atoms with van der Waals surface area (Å²) in [5, 5.41) is 17.6. The summed E-state index contributed by atoms with van der Waals surface area (Å²) in [5.74, 6) is 0. The van der Waals surface area contributed by atoms with Crippen molar-refractivity contribution in [2.75, 3.05) is 0 Å². The lowest BCUT2D eigenvalue weighted by atomic mass is 9.80. The molecule has 0 aliphatic carbocycles. The summed E-state index contributed by atoms with van der Waals surface area (Å²) in [5.41, 5.74) is 1.57. The molecular formula is C9H11BO2. The second kappa shape index (κ2) is 4.09. The Balaban J connectivity index is 2.85. The normalized spacial score (nSPS) is 10.6. The monoisotopic (exact) mass is 162 g/mol. The van der Waals surface area contributed by atoms with Crippen LogP contribution in [-0.4, -0.2) is 17.2 Å². The van der Waals surface area contributed by atoms with Gasteiger partial charge in [-0.15, -0.1) is 0 Å². The lowest BCUT2D eigenvalue weighted by molar-refractivity contribution is 0.426. The zero-order chi connectivity index (χ0) is 8.97. The Hall–Kier alpha value is -1.06. The van der Waals surface area contributed by atoms with Gasteiger partial charge in [-0.1, -0.05) is 36.4 Å². The molecule has 0 aliphatic rings. The predicted molar refractivity (Wildman–Crippen MR) is 51.0 cm³/mol. The van der Waals surface area contributed by atoms with Crippen LogP contribution in [0.5, 0.6) is 0 Å². The van der Waals surface area contributed by atoms with Crippen LogP contribution in [0.3, 0.4) is 0 Å². The fourth-order valence-corrected chi connectivity index (χ4v) is 0.972. The van der Waals surface area contributed by atoms with E-state index >= 15 is 0 Å². The maximum absolute atomic E-state index is 8.78. The lowest BCUT2D eigenvalue weighted by Crippen LogP contribution is -2.29. The summed E-state index contributed by atoms with van der Waals surface area (Å²) < 4.78 is 0. The van der Waals surface area contributed by atoms with Crippen molar-refractivity contribution in [3.63, 3.8) is 0 Å². The Kier molecular flexibility index (Phi) is 3.08. The first-order valence-corrected chi connectivity index (χ1v) is 3.83. The third-order valence-electron chi connectivity index (χ3n) is 1.59. The van der Waals surface area contributed by atoms with Gasteiger partial charge in [-0.25, -0.2) is 0 Å². The minimum absolute atomic E-state index is 0.517. The van der Waals surface area contributed by atoms with Crippen molar-refractivity contribution < 1.29 is 10.0 Å². The highest BCUT2D eigenvalue weighted by atomic mass is 16.4. The lowest BCUT2D eigenvalue weighted by Gasteiger charge is -1.98. The molecule has 1 aromatic rings. The fraction of sp³-hybridized carbons (Fsp3) is 0.111. The fourth-order valence-electron chi connectivity index (χ4n) is 0.972. The number of rotatable bonds is 2. The zero-order valence-corrected chi connectivity index (χ0v) is 6.94. The summed E-state index contributed by atoms with van der Waals surface area (Å²) in [7, 11) is -1.37. The molecule has 3 heteroatoms. The first-order chi connectivity index (χ1) is 5.74. The first-order valence-electron chi connectivity index (χ1n) is 3.83. The van der Waals surface area contributed by atoms with Crippen molar-refractivity contribution >= 4 is 18.7 Å². The van der Waals surface area contributed by atoms with Gasteiger partial charge in [0.15, 0.2) is 0 Å². The number of hydrogen-bond donors (Lipinski definition) is 2. The molecule has 0 saturated heterocycles. The van der Waals surface area contributed by atoms with Crippen LogP contribution in [0.4, 0.5) is 0 Å². The van der Waals surface area contributed by atoms with E-state index in [2.05, 4.69) is 0 Å². The maximum Gasteiger partial charge on any atom is 0.488 e. The van der Waals surface area contributed by atoms with Crippen LogP contribution in [0, 0.1) is 0 Å². The van der Waals surface area contributed by atoms with Crippen LogP contribution in [0.1, 0.15) is 12.5 Å². The maximum atomic E-state index is 8.78. The summed E-state index contributed by atoms with van der Waals surface area (Å²) in [4.78, 5) is 0. The molecule has 0 aliphatic heterocycles. The van der Waals surface area contributed by atoms with E-state index < -0.39 is 7.12 Å². The molecule has 0 bridgehead atoms. The van der Waals surface area contributed by atoms with Gasteiger partial charge in [0.25, 0.3) is 0 Å². The van der Waals surface area contributed by atoms with Crippen molar-refractivity contribution in [2.24, 2.45) is 0 Å². The quantitative estimate of drug-likeness (QED) is 0.618. The van der Waals surface area contributed by atoms with Crippen molar-refractivity contribution in [3.05, 3.63) is 35.9 Å². The third kappa shape index (κ3) is 2.22. The van der Waals surface area contributed by atoms with E-state index in [1.54, 1.807) is 12.1 Å². The molecule has 0 radical (unpaired) electrons. The van der Waals surface area contributed by atoms with E-state index in [-0.39, 0.29) is 0 Å². The summed E-state index contributed by atoms with van der Waals surface area (Å²) >= 11 is 0. The van der Waals surface area contributed by atoms with Crippen LogP contribution in [0.15, 0.2) is 30.3 Å². The molecular weight excluding hydrogens is 151 g/mol. The van der Waals surface area contributed by atoms with E-state index in [4.69, 9.17) is 10.0 Å². The smallest absolute Gasteiger partial charge is 0.423 e. The molecule has 0 heterocycles. The van der Waals surface area contributed by atoms with Gasteiger partial charge in [0.1, 0.15) is 0 Å². The second-order valence-electron chi connectivity index (χ2n) is 2.54. The van der Waals surface area contributed by atoms with Gasteiger partial charge in [0.05, 0.1) is 0 Å². The predicted octanol–water partition coefficient (Wildman–Crippen LogP) is 0.400. The average molecular weight is 162 g/mol. The van der Waals surface area contributed by atoms with Crippen molar-refractivity contribution in [3.8, 4) is 0 Å². The third-order valence-corrected chi connectivity index (χ3v) is 1.59. The van der Waals surface area contributed by atoms with Gasteiger partial charge in [-0.3, -0.25) is 0 Å². The van der Waals surface area contributed by atoms with Crippen molar-refractivity contribution in [1.82, 2.24) is 0 Å². The molecule has 0 amide bonds. The molecule has 0 atom stereocenters. The van der Waals surface area contributed by atoms with Gasteiger partial charge in [0.2, 0.25) is 0 Å². The number of hydrogen-bond acceptors (Lipinski definition) is 2. The zero-order valence-electron chi connectivity index (χ0n) is 6.94. The van der Waals surface area contributed by atoms with Crippen molar-refractivity contribution in [1.29, 1.82) is 0 Å². The van der Waals surface area contributed by atoms with Crippen LogP contribution >= 0.6 is 0 Å². The van der Waals surface area contributed by atoms with Gasteiger partial charge < -0.3 is 10.0 Å². The Morgan fingerprint density at radius 3 is 2.17 bits per heavy atom.